The van der Waals surface area contributed by atoms with Gasteiger partial charge in [-0.2, -0.15) is 0 Å². The lowest BCUT2D eigenvalue weighted by Crippen LogP contribution is -2.28. The highest BCUT2D eigenvalue weighted by atomic mass is 15.0. The van der Waals surface area contributed by atoms with Gasteiger partial charge in [-0.3, -0.25) is 4.98 Å². The maximum absolute atomic E-state index is 5.12. The van der Waals surface area contributed by atoms with Crippen molar-refractivity contribution in [2.45, 2.75) is 5.41 Å². The van der Waals surface area contributed by atoms with Gasteiger partial charge in [-0.15, -0.1) is 0 Å². The first kappa shape index (κ1) is 28.7. The Labute approximate surface area is 285 Å². The standard InChI is InChI=1S/C45H30N4/c1-3-14-32(15-4-1)42-47-43(33-27-25-31(26-28-33)41-24-11-12-29-46-41)49-44(48-42)34-16-13-19-36(30-34)45(35-17-5-2-6-18-35)39-22-9-7-20-37(39)38-21-8-10-23-40(38)45/h1-30H. The van der Waals surface area contributed by atoms with Crippen LogP contribution in [0.25, 0.3) is 56.5 Å². The van der Waals surface area contributed by atoms with Crippen molar-refractivity contribution < 1.29 is 0 Å². The summed E-state index contributed by atoms with van der Waals surface area (Å²) in [6.45, 7) is 0. The fourth-order valence-corrected chi connectivity index (χ4v) is 7.28. The summed E-state index contributed by atoms with van der Waals surface area (Å²) in [5.74, 6) is 1.88. The van der Waals surface area contributed by atoms with E-state index in [0.29, 0.717) is 17.5 Å². The Morgan fingerprint density at radius 2 is 0.837 bits per heavy atom. The van der Waals surface area contributed by atoms with Gasteiger partial charge >= 0.3 is 0 Å². The van der Waals surface area contributed by atoms with Gasteiger partial charge in [0.2, 0.25) is 0 Å². The van der Waals surface area contributed by atoms with E-state index in [1.165, 1.54) is 27.8 Å². The number of aromatic nitrogens is 4. The molecule has 2 heterocycles. The maximum Gasteiger partial charge on any atom is 0.164 e. The Kier molecular flexibility index (Phi) is 6.98. The topological polar surface area (TPSA) is 51.6 Å². The summed E-state index contributed by atoms with van der Waals surface area (Å²) in [6.07, 6.45) is 1.81. The van der Waals surface area contributed by atoms with Crippen LogP contribution in [0.15, 0.2) is 182 Å². The van der Waals surface area contributed by atoms with Gasteiger partial charge in [-0.1, -0.05) is 158 Å². The van der Waals surface area contributed by atoms with Crippen LogP contribution < -0.4 is 0 Å². The molecule has 0 bridgehead atoms. The first-order valence-corrected chi connectivity index (χ1v) is 16.5. The molecule has 4 heteroatoms. The maximum atomic E-state index is 5.12. The molecule has 0 N–H and O–H groups in total. The SMILES string of the molecule is c1ccc(-c2nc(-c3ccc(-c4ccccn4)cc3)nc(-c3cccc(C4(c5ccccc5)c5ccccc5-c5ccccc54)c3)n2)cc1. The van der Waals surface area contributed by atoms with E-state index < -0.39 is 5.41 Å². The molecule has 1 aliphatic rings. The Balaban J connectivity index is 1.23. The highest BCUT2D eigenvalue weighted by Crippen LogP contribution is 2.56. The van der Waals surface area contributed by atoms with Crippen LogP contribution in [-0.4, -0.2) is 19.9 Å². The molecule has 0 radical (unpaired) electrons. The lowest BCUT2D eigenvalue weighted by atomic mass is 9.67. The molecule has 230 valence electrons. The van der Waals surface area contributed by atoms with Gasteiger partial charge in [-0.05, 0) is 51.6 Å². The molecule has 0 spiro atoms. The molecule has 0 saturated carbocycles. The van der Waals surface area contributed by atoms with Crippen LogP contribution in [0, 0.1) is 0 Å². The van der Waals surface area contributed by atoms with Gasteiger partial charge in [0.1, 0.15) is 0 Å². The van der Waals surface area contributed by atoms with Crippen molar-refractivity contribution in [2.75, 3.05) is 0 Å². The Hall–Kier alpha value is -6.52. The first-order chi connectivity index (χ1) is 24.3. The van der Waals surface area contributed by atoms with E-state index in [2.05, 4.69) is 132 Å². The minimum Gasteiger partial charge on any atom is -0.256 e. The Morgan fingerprint density at radius 1 is 0.347 bits per heavy atom. The number of hydrogen-bond donors (Lipinski definition) is 0. The lowest BCUT2D eigenvalue weighted by Gasteiger charge is -2.34. The quantitative estimate of drug-likeness (QED) is 0.184. The summed E-state index contributed by atoms with van der Waals surface area (Å²) in [4.78, 5) is 19.7. The third kappa shape index (κ3) is 4.85. The normalized spacial score (nSPS) is 12.7. The summed E-state index contributed by atoms with van der Waals surface area (Å²) < 4.78 is 0. The largest absolute Gasteiger partial charge is 0.256 e. The predicted octanol–water partition coefficient (Wildman–Crippen LogP) is 10.3. The van der Waals surface area contributed by atoms with Crippen molar-refractivity contribution >= 4 is 0 Å². The summed E-state index contributed by atoms with van der Waals surface area (Å²) in [7, 11) is 0. The molecule has 49 heavy (non-hydrogen) atoms. The summed E-state index contributed by atoms with van der Waals surface area (Å²) in [6, 6.07) is 61.5. The van der Waals surface area contributed by atoms with Gasteiger partial charge < -0.3 is 0 Å². The van der Waals surface area contributed by atoms with Crippen LogP contribution >= 0.6 is 0 Å². The predicted molar refractivity (Wildman–Crippen MR) is 197 cm³/mol. The van der Waals surface area contributed by atoms with Gasteiger partial charge in [0.05, 0.1) is 11.1 Å². The molecule has 0 unspecified atom stereocenters. The van der Waals surface area contributed by atoms with Crippen LogP contribution in [0.4, 0.5) is 0 Å². The van der Waals surface area contributed by atoms with Crippen LogP contribution in [0.5, 0.6) is 0 Å². The molecule has 0 saturated heterocycles. The molecule has 6 aromatic carbocycles. The monoisotopic (exact) mass is 626 g/mol. The van der Waals surface area contributed by atoms with Gasteiger partial charge in [0.25, 0.3) is 0 Å². The minimum absolute atomic E-state index is 0.510. The zero-order valence-electron chi connectivity index (χ0n) is 26.6. The van der Waals surface area contributed by atoms with E-state index in [0.717, 1.165) is 33.5 Å². The van der Waals surface area contributed by atoms with Crippen molar-refractivity contribution in [3.05, 3.63) is 204 Å². The van der Waals surface area contributed by atoms with E-state index in [4.69, 9.17) is 15.0 Å². The molecule has 9 rings (SSSR count). The Bertz CT molecular complexity index is 2380. The molecule has 0 amide bonds. The number of hydrogen-bond acceptors (Lipinski definition) is 4. The van der Waals surface area contributed by atoms with Gasteiger partial charge in [0, 0.05) is 28.5 Å². The van der Waals surface area contributed by atoms with Crippen molar-refractivity contribution in [3.63, 3.8) is 0 Å². The van der Waals surface area contributed by atoms with E-state index in [1.807, 2.05) is 54.7 Å². The third-order valence-corrected chi connectivity index (χ3v) is 9.48. The molecule has 0 fully saturated rings. The molecular weight excluding hydrogens is 597 g/mol. The zero-order valence-corrected chi connectivity index (χ0v) is 26.6. The third-order valence-electron chi connectivity index (χ3n) is 9.48. The summed E-state index contributed by atoms with van der Waals surface area (Å²) in [5, 5.41) is 0. The average Bonchev–Trinajstić information content (AvgIpc) is 3.50. The van der Waals surface area contributed by atoms with Crippen molar-refractivity contribution in [1.29, 1.82) is 0 Å². The number of rotatable bonds is 6. The van der Waals surface area contributed by atoms with Gasteiger partial charge in [0.15, 0.2) is 17.5 Å². The average molecular weight is 627 g/mol. The van der Waals surface area contributed by atoms with Crippen molar-refractivity contribution in [2.24, 2.45) is 0 Å². The smallest absolute Gasteiger partial charge is 0.164 e. The molecule has 0 atom stereocenters. The van der Waals surface area contributed by atoms with E-state index in [9.17, 15) is 0 Å². The zero-order chi connectivity index (χ0) is 32.6. The van der Waals surface area contributed by atoms with Crippen LogP contribution in [0.3, 0.4) is 0 Å². The molecule has 4 nitrogen and oxygen atoms in total. The molecule has 1 aliphatic carbocycles. The summed E-state index contributed by atoms with van der Waals surface area (Å²) in [5.41, 5.74) is 11.7. The van der Waals surface area contributed by atoms with Crippen molar-refractivity contribution in [1.82, 2.24) is 19.9 Å². The second-order valence-corrected chi connectivity index (χ2v) is 12.3. The summed E-state index contributed by atoms with van der Waals surface area (Å²) >= 11 is 0. The van der Waals surface area contributed by atoms with Crippen LogP contribution in [0.2, 0.25) is 0 Å². The molecule has 2 aromatic heterocycles. The lowest BCUT2D eigenvalue weighted by molar-refractivity contribution is 0.768. The molecular formula is C45H30N4. The highest BCUT2D eigenvalue weighted by Gasteiger charge is 2.45. The molecule has 8 aromatic rings. The molecule has 0 aliphatic heterocycles. The first-order valence-electron chi connectivity index (χ1n) is 16.5. The van der Waals surface area contributed by atoms with Crippen molar-refractivity contribution in [3.8, 4) is 56.5 Å². The number of nitrogens with zero attached hydrogens (tertiary/aromatic N) is 4. The number of benzene rings is 6. The minimum atomic E-state index is -0.510. The fraction of sp³-hybridized carbons (Fsp3) is 0.0222. The number of fused-ring (bicyclic) bond motifs is 3. The van der Waals surface area contributed by atoms with E-state index >= 15 is 0 Å². The van der Waals surface area contributed by atoms with Crippen LogP contribution in [-0.2, 0) is 5.41 Å². The second-order valence-electron chi connectivity index (χ2n) is 12.3. The fourth-order valence-electron chi connectivity index (χ4n) is 7.28. The van der Waals surface area contributed by atoms with Gasteiger partial charge in [-0.25, -0.2) is 15.0 Å². The Morgan fingerprint density at radius 3 is 1.47 bits per heavy atom. The highest BCUT2D eigenvalue weighted by molar-refractivity contribution is 5.86. The van der Waals surface area contributed by atoms with E-state index in [-0.39, 0.29) is 0 Å². The van der Waals surface area contributed by atoms with Crippen LogP contribution in [0.1, 0.15) is 22.3 Å². The second kappa shape index (κ2) is 11.9. The van der Waals surface area contributed by atoms with E-state index in [1.54, 1.807) is 0 Å². The number of pyridine rings is 1.